The monoisotopic (exact) mass is 352 g/mol. The van der Waals surface area contributed by atoms with Gasteiger partial charge in [0, 0.05) is 18.3 Å². The number of anilines is 2. The molecule has 4 nitrogen and oxygen atoms in total. The first-order valence-corrected chi connectivity index (χ1v) is 9.10. The predicted octanol–water partition coefficient (Wildman–Crippen LogP) is 4.67. The highest BCUT2D eigenvalue weighted by molar-refractivity contribution is 6.02. The van der Waals surface area contributed by atoms with Crippen molar-refractivity contribution in [3.63, 3.8) is 0 Å². The highest BCUT2D eigenvalue weighted by Crippen LogP contribution is 2.28. The highest BCUT2D eigenvalue weighted by atomic mass is 16.2. The number of nitrogens with zero attached hydrogens (tertiary/aromatic N) is 1. The van der Waals surface area contributed by atoms with Crippen molar-refractivity contribution < 1.29 is 9.59 Å². The topological polar surface area (TPSA) is 49.4 Å². The van der Waals surface area contributed by atoms with Gasteiger partial charge in [-0.1, -0.05) is 57.2 Å². The summed E-state index contributed by atoms with van der Waals surface area (Å²) in [5, 5.41) is 3.02. The summed E-state index contributed by atoms with van der Waals surface area (Å²) in [7, 11) is 0. The van der Waals surface area contributed by atoms with E-state index in [1.165, 1.54) is 6.92 Å². The standard InChI is InChI=1S/C22H28N2O2/c1-6-18-11-7-8-13-20(18)24(17(5)25)14-21(26)23-22-16(4)10-9-12-19(22)15(2)3/h7-13,15H,6,14H2,1-5H3,(H,23,26). The fourth-order valence-electron chi connectivity index (χ4n) is 3.10. The van der Waals surface area contributed by atoms with Crippen LogP contribution < -0.4 is 10.2 Å². The molecule has 2 amide bonds. The molecule has 0 bridgehead atoms. The van der Waals surface area contributed by atoms with Gasteiger partial charge in [0.25, 0.3) is 0 Å². The van der Waals surface area contributed by atoms with Crippen molar-refractivity contribution in [2.24, 2.45) is 0 Å². The summed E-state index contributed by atoms with van der Waals surface area (Å²) >= 11 is 0. The first-order valence-electron chi connectivity index (χ1n) is 9.10. The average Bonchev–Trinajstić information content (AvgIpc) is 2.61. The Labute approximate surface area is 156 Å². The predicted molar refractivity (Wildman–Crippen MR) is 108 cm³/mol. The normalized spacial score (nSPS) is 10.7. The molecule has 2 aromatic carbocycles. The van der Waals surface area contributed by atoms with Gasteiger partial charge in [0.05, 0.1) is 0 Å². The van der Waals surface area contributed by atoms with Crippen molar-refractivity contribution in [2.75, 3.05) is 16.8 Å². The van der Waals surface area contributed by atoms with Crippen LogP contribution >= 0.6 is 0 Å². The van der Waals surface area contributed by atoms with E-state index >= 15 is 0 Å². The van der Waals surface area contributed by atoms with Crippen molar-refractivity contribution in [3.8, 4) is 0 Å². The van der Waals surface area contributed by atoms with Gasteiger partial charge in [-0.25, -0.2) is 0 Å². The van der Waals surface area contributed by atoms with Gasteiger partial charge in [-0.15, -0.1) is 0 Å². The molecule has 0 atom stereocenters. The molecule has 4 heteroatoms. The van der Waals surface area contributed by atoms with Crippen molar-refractivity contribution >= 4 is 23.2 Å². The van der Waals surface area contributed by atoms with Crippen LogP contribution in [0, 0.1) is 6.92 Å². The fourth-order valence-corrected chi connectivity index (χ4v) is 3.10. The molecule has 26 heavy (non-hydrogen) atoms. The molecule has 0 heterocycles. The third kappa shape index (κ3) is 4.51. The first kappa shape index (κ1) is 19.7. The van der Waals surface area contributed by atoms with Gasteiger partial charge in [0.2, 0.25) is 11.8 Å². The van der Waals surface area contributed by atoms with Crippen molar-refractivity contribution in [1.82, 2.24) is 0 Å². The zero-order chi connectivity index (χ0) is 19.3. The van der Waals surface area contributed by atoms with E-state index in [1.54, 1.807) is 4.90 Å². The largest absolute Gasteiger partial charge is 0.324 e. The number of aryl methyl sites for hydroxylation is 2. The lowest BCUT2D eigenvalue weighted by atomic mass is 9.98. The van der Waals surface area contributed by atoms with Gasteiger partial charge >= 0.3 is 0 Å². The number of hydrogen-bond acceptors (Lipinski definition) is 2. The molecule has 0 spiro atoms. The third-order valence-corrected chi connectivity index (χ3v) is 4.54. The molecule has 0 saturated heterocycles. The summed E-state index contributed by atoms with van der Waals surface area (Å²) in [6.07, 6.45) is 0.802. The fraction of sp³-hybridized carbons (Fsp3) is 0.364. The molecular weight excluding hydrogens is 324 g/mol. The second-order valence-corrected chi connectivity index (χ2v) is 6.83. The zero-order valence-electron chi connectivity index (χ0n) is 16.3. The van der Waals surface area contributed by atoms with E-state index in [0.717, 1.165) is 34.5 Å². The number of para-hydroxylation sites is 2. The van der Waals surface area contributed by atoms with E-state index in [0.29, 0.717) is 5.92 Å². The van der Waals surface area contributed by atoms with Crippen LogP contribution in [0.2, 0.25) is 0 Å². The van der Waals surface area contributed by atoms with Gasteiger partial charge in [0.15, 0.2) is 0 Å². The molecule has 0 aromatic heterocycles. The lowest BCUT2D eigenvalue weighted by Gasteiger charge is -2.24. The maximum atomic E-state index is 12.7. The van der Waals surface area contributed by atoms with Crippen LogP contribution in [-0.2, 0) is 16.0 Å². The first-order chi connectivity index (χ1) is 12.3. The van der Waals surface area contributed by atoms with E-state index in [-0.39, 0.29) is 18.4 Å². The van der Waals surface area contributed by atoms with Crippen LogP contribution in [0.5, 0.6) is 0 Å². The van der Waals surface area contributed by atoms with E-state index in [4.69, 9.17) is 0 Å². The summed E-state index contributed by atoms with van der Waals surface area (Å²) < 4.78 is 0. The summed E-state index contributed by atoms with van der Waals surface area (Å²) in [6.45, 7) is 9.72. The lowest BCUT2D eigenvalue weighted by Crippen LogP contribution is -2.37. The maximum Gasteiger partial charge on any atom is 0.244 e. The number of rotatable bonds is 6. The molecule has 2 aromatic rings. The molecule has 0 radical (unpaired) electrons. The van der Waals surface area contributed by atoms with Crippen molar-refractivity contribution in [1.29, 1.82) is 0 Å². The van der Waals surface area contributed by atoms with Crippen LogP contribution in [0.1, 0.15) is 50.3 Å². The number of hydrogen-bond donors (Lipinski definition) is 1. The van der Waals surface area contributed by atoms with Gasteiger partial charge < -0.3 is 10.2 Å². The highest BCUT2D eigenvalue weighted by Gasteiger charge is 2.19. The molecule has 0 aliphatic rings. The molecule has 0 aliphatic carbocycles. The number of nitrogens with one attached hydrogen (secondary N) is 1. The minimum absolute atomic E-state index is 0.00177. The van der Waals surface area contributed by atoms with Crippen LogP contribution in [0.3, 0.4) is 0 Å². The van der Waals surface area contributed by atoms with Gasteiger partial charge in [0.1, 0.15) is 6.54 Å². The number of carbonyl (C=O) groups is 2. The van der Waals surface area contributed by atoms with Gasteiger partial charge in [-0.05, 0) is 42.0 Å². The van der Waals surface area contributed by atoms with Crippen LogP contribution in [-0.4, -0.2) is 18.4 Å². The second kappa shape index (κ2) is 8.65. The number of amides is 2. The summed E-state index contributed by atoms with van der Waals surface area (Å²) in [5.41, 5.74) is 4.81. The third-order valence-electron chi connectivity index (χ3n) is 4.54. The van der Waals surface area contributed by atoms with E-state index in [1.807, 2.05) is 56.3 Å². The molecule has 0 unspecified atom stereocenters. The Bertz CT molecular complexity index is 796. The van der Waals surface area contributed by atoms with Crippen molar-refractivity contribution in [2.45, 2.75) is 47.0 Å². The van der Waals surface area contributed by atoms with Crippen LogP contribution in [0.4, 0.5) is 11.4 Å². The molecule has 0 aliphatic heterocycles. The average molecular weight is 352 g/mol. The van der Waals surface area contributed by atoms with Crippen LogP contribution in [0.25, 0.3) is 0 Å². The van der Waals surface area contributed by atoms with Crippen molar-refractivity contribution in [3.05, 3.63) is 59.2 Å². The summed E-state index contributed by atoms with van der Waals surface area (Å²) in [4.78, 5) is 26.5. The zero-order valence-corrected chi connectivity index (χ0v) is 16.3. The Morgan fingerprint density at radius 3 is 2.38 bits per heavy atom. The van der Waals surface area contributed by atoms with E-state index in [9.17, 15) is 9.59 Å². The Kier molecular flexibility index (Phi) is 6.56. The molecular formula is C22H28N2O2. The minimum atomic E-state index is -0.192. The SMILES string of the molecule is CCc1ccccc1N(CC(=O)Nc1c(C)cccc1C(C)C)C(C)=O. The maximum absolute atomic E-state index is 12.7. The Hall–Kier alpha value is -2.62. The molecule has 0 fully saturated rings. The molecule has 0 saturated carbocycles. The lowest BCUT2D eigenvalue weighted by molar-refractivity contribution is -0.120. The Balaban J connectivity index is 2.26. The minimum Gasteiger partial charge on any atom is -0.324 e. The molecule has 1 N–H and O–H groups in total. The van der Waals surface area contributed by atoms with Gasteiger partial charge in [-0.3, -0.25) is 9.59 Å². The summed E-state index contributed by atoms with van der Waals surface area (Å²) in [5.74, 6) is -0.0350. The summed E-state index contributed by atoms with van der Waals surface area (Å²) in [6, 6.07) is 13.7. The number of benzene rings is 2. The van der Waals surface area contributed by atoms with Crippen LogP contribution in [0.15, 0.2) is 42.5 Å². The van der Waals surface area contributed by atoms with Gasteiger partial charge in [-0.2, -0.15) is 0 Å². The smallest absolute Gasteiger partial charge is 0.244 e. The number of carbonyl (C=O) groups excluding carboxylic acids is 2. The van der Waals surface area contributed by atoms with E-state index in [2.05, 4.69) is 19.2 Å². The molecule has 138 valence electrons. The molecule has 2 rings (SSSR count). The quantitative estimate of drug-likeness (QED) is 0.821. The second-order valence-electron chi connectivity index (χ2n) is 6.83. The van der Waals surface area contributed by atoms with E-state index < -0.39 is 0 Å². The Morgan fingerprint density at radius 1 is 1.08 bits per heavy atom. The Morgan fingerprint density at radius 2 is 1.77 bits per heavy atom.